The van der Waals surface area contributed by atoms with E-state index in [1.54, 1.807) is 25.1 Å². The monoisotopic (exact) mass is 192 g/mol. The molecule has 0 fully saturated rings. The molecule has 1 heterocycles. The highest BCUT2D eigenvalue weighted by molar-refractivity contribution is 5.20. The molecule has 0 aliphatic carbocycles. The Morgan fingerprint density at radius 3 is 2.71 bits per heavy atom. The van der Waals surface area contributed by atoms with Crippen molar-refractivity contribution < 1.29 is 8.81 Å². The fourth-order valence-electron chi connectivity index (χ4n) is 1.21. The molecule has 0 aliphatic rings. The van der Waals surface area contributed by atoms with Crippen molar-refractivity contribution >= 4 is 0 Å². The molecule has 0 unspecified atom stereocenters. The quantitative estimate of drug-likeness (QED) is 0.731. The third-order valence-electron chi connectivity index (χ3n) is 1.87. The summed E-state index contributed by atoms with van der Waals surface area (Å²) in [5.41, 5.74) is 0.566. The molecule has 0 saturated heterocycles. The Morgan fingerprint density at radius 2 is 2.07 bits per heavy atom. The van der Waals surface area contributed by atoms with Gasteiger partial charge in [0.2, 0.25) is 11.8 Å². The van der Waals surface area contributed by atoms with Gasteiger partial charge in [0, 0.05) is 6.92 Å². The summed E-state index contributed by atoms with van der Waals surface area (Å²) < 4.78 is 18.3. The Balaban J connectivity index is 2.23. The molecule has 0 aliphatic heterocycles. The van der Waals surface area contributed by atoms with Gasteiger partial charge in [-0.15, -0.1) is 10.2 Å². The predicted octanol–water partition coefficient (Wildman–Crippen LogP) is 2.11. The highest BCUT2D eigenvalue weighted by Gasteiger charge is 2.06. The highest BCUT2D eigenvalue weighted by atomic mass is 19.1. The molecule has 3 nitrogen and oxygen atoms in total. The van der Waals surface area contributed by atoms with Crippen molar-refractivity contribution in [2.75, 3.05) is 0 Å². The second kappa shape index (κ2) is 3.57. The molecule has 0 saturated carbocycles. The lowest BCUT2D eigenvalue weighted by molar-refractivity contribution is 0.473. The molecular weight excluding hydrogens is 183 g/mol. The lowest BCUT2D eigenvalue weighted by Crippen LogP contribution is -1.92. The van der Waals surface area contributed by atoms with E-state index in [-0.39, 0.29) is 5.82 Å². The van der Waals surface area contributed by atoms with E-state index in [9.17, 15) is 4.39 Å². The van der Waals surface area contributed by atoms with Gasteiger partial charge in [0.15, 0.2) is 0 Å². The molecule has 0 amide bonds. The molecule has 0 bridgehead atoms. The molecule has 72 valence electrons. The average molecular weight is 192 g/mol. The Labute approximate surface area is 80.6 Å². The number of hydrogen-bond donors (Lipinski definition) is 0. The zero-order valence-corrected chi connectivity index (χ0v) is 7.70. The van der Waals surface area contributed by atoms with Gasteiger partial charge >= 0.3 is 0 Å². The summed E-state index contributed by atoms with van der Waals surface area (Å²) in [4.78, 5) is 0. The summed E-state index contributed by atoms with van der Waals surface area (Å²) in [5, 5.41) is 7.47. The first-order chi connectivity index (χ1) is 6.75. The van der Waals surface area contributed by atoms with Crippen LogP contribution in [0.4, 0.5) is 4.39 Å². The number of benzene rings is 1. The third-order valence-corrected chi connectivity index (χ3v) is 1.87. The molecular formula is C10H9FN2O. The van der Waals surface area contributed by atoms with Gasteiger partial charge in [0.25, 0.3) is 0 Å². The van der Waals surface area contributed by atoms with Crippen molar-refractivity contribution in [3.8, 4) is 0 Å². The van der Waals surface area contributed by atoms with E-state index in [0.29, 0.717) is 23.8 Å². The molecule has 14 heavy (non-hydrogen) atoms. The van der Waals surface area contributed by atoms with Gasteiger partial charge in [-0.05, 0) is 11.6 Å². The summed E-state index contributed by atoms with van der Waals surface area (Å²) in [5.74, 6) is 0.687. The van der Waals surface area contributed by atoms with Gasteiger partial charge < -0.3 is 4.42 Å². The smallest absolute Gasteiger partial charge is 0.221 e. The second-order valence-corrected chi connectivity index (χ2v) is 2.98. The maximum absolute atomic E-state index is 13.2. The van der Waals surface area contributed by atoms with E-state index >= 15 is 0 Å². The van der Waals surface area contributed by atoms with Crippen molar-refractivity contribution in [3.05, 3.63) is 47.4 Å². The molecule has 1 aromatic heterocycles. The molecule has 1 aromatic carbocycles. The van der Waals surface area contributed by atoms with Crippen molar-refractivity contribution in [1.29, 1.82) is 0 Å². The van der Waals surface area contributed by atoms with Crippen molar-refractivity contribution in [1.82, 2.24) is 10.2 Å². The normalized spacial score (nSPS) is 10.4. The first-order valence-electron chi connectivity index (χ1n) is 4.28. The van der Waals surface area contributed by atoms with E-state index in [4.69, 9.17) is 4.42 Å². The van der Waals surface area contributed by atoms with Crippen LogP contribution in [0.1, 0.15) is 17.3 Å². The topological polar surface area (TPSA) is 38.9 Å². The van der Waals surface area contributed by atoms with Crippen LogP contribution in [0.15, 0.2) is 28.7 Å². The maximum atomic E-state index is 13.2. The highest BCUT2D eigenvalue weighted by Crippen LogP contribution is 2.11. The van der Waals surface area contributed by atoms with Crippen LogP contribution in [0.3, 0.4) is 0 Å². The van der Waals surface area contributed by atoms with Gasteiger partial charge in [-0.3, -0.25) is 0 Å². The molecule has 0 N–H and O–H groups in total. The largest absolute Gasteiger partial charge is 0.425 e. The van der Waals surface area contributed by atoms with E-state index in [1.807, 2.05) is 0 Å². The minimum absolute atomic E-state index is 0.247. The van der Waals surface area contributed by atoms with Gasteiger partial charge in [-0.25, -0.2) is 4.39 Å². The summed E-state index contributed by atoms with van der Waals surface area (Å²) in [7, 11) is 0. The fraction of sp³-hybridized carbons (Fsp3) is 0.200. The number of aromatic nitrogens is 2. The lowest BCUT2D eigenvalue weighted by atomic mass is 10.1. The van der Waals surface area contributed by atoms with Crippen LogP contribution in [0, 0.1) is 12.7 Å². The molecule has 2 aromatic rings. The third kappa shape index (κ3) is 1.79. The minimum atomic E-state index is -0.247. The van der Waals surface area contributed by atoms with E-state index in [2.05, 4.69) is 10.2 Å². The summed E-state index contributed by atoms with van der Waals surface area (Å²) >= 11 is 0. The first kappa shape index (κ1) is 8.87. The molecule has 0 atom stereocenters. The molecule has 0 radical (unpaired) electrons. The number of halogens is 1. The summed E-state index contributed by atoms with van der Waals surface area (Å²) in [6.07, 6.45) is 0.341. The van der Waals surface area contributed by atoms with Crippen LogP contribution in [0.5, 0.6) is 0 Å². The van der Waals surface area contributed by atoms with Crippen LogP contribution in [-0.2, 0) is 6.42 Å². The summed E-state index contributed by atoms with van der Waals surface area (Å²) in [6, 6.07) is 6.55. The van der Waals surface area contributed by atoms with Gasteiger partial charge in [-0.2, -0.15) is 0 Å². The number of aryl methyl sites for hydroxylation is 1. The molecule has 4 heteroatoms. The lowest BCUT2D eigenvalue weighted by Gasteiger charge is -1.97. The van der Waals surface area contributed by atoms with E-state index in [1.165, 1.54) is 6.07 Å². The molecule has 2 rings (SSSR count). The zero-order valence-electron chi connectivity index (χ0n) is 7.70. The van der Waals surface area contributed by atoms with E-state index < -0.39 is 0 Å². The number of rotatable bonds is 2. The Morgan fingerprint density at radius 1 is 1.29 bits per heavy atom. The fourth-order valence-corrected chi connectivity index (χ4v) is 1.21. The van der Waals surface area contributed by atoms with E-state index in [0.717, 1.165) is 0 Å². The number of nitrogens with zero attached hydrogens (tertiary/aromatic N) is 2. The second-order valence-electron chi connectivity index (χ2n) is 2.98. The SMILES string of the molecule is Cc1nnc(Cc2ccccc2F)o1. The van der Waals surface area contributed by atoms with Crippen LogP contribution >= 0.6 is 0 Å². The van der Waals surface area contributed by atoms with Crippen LogP contribution < -0.4 is 0 Å². The minimum Gasteiger partial charge on any atom is -0.425 e. The standard InChI is InChI=1S/C10H9FN2O/c1-7-12-13-10(14-7)6-8-4-2-3-5-9(8)11/h2-5H,6H2,1H3. The Hall–Kier alpha value is -1.71. The van der Waals surface area contributed by atoms with Crippen molar-refractivity contribution in [2.24, 2.45) is 0 Å². The average Bonchev–Trinajstić information content (AvgIpc) is 2.56. The van der Waals surface area contributed by atoms with Gasteiger partial charge in [-0.1, -0.05) is 18.2 Å². The maximum Gasteiger partial charge on any atom is 0.221 e. The van der Waals surface area contributed by atoms with Crippen molar-refractivity contribution in [3.63, 3.8) is 0 Å². The first-order valence-corrected chi connectivity index (χ1v) is 4.28. The van der Waals surface area contributed by atoms with Crippen molar-refractivity contribution in [2.45, 2.75) is 13.3 Å². The van der Waals surface area contributed by atoms with Crippen LogP contribution in [0.2, 0.25) is 0 Å². The number of hydrogen-bond acceptors (Lipinski definition) is 3. The molecule has 0 spiro atoms. The van der Waals surface area contributed by atoms with Gasteiger partial charge in [0.05, 0.1) is 6.42 Å². The van der Waals surface area contributed by atoms with Crippen LogP contribution in [0.25, 0.3) is 0 Å². The predicted molar refractivity (Wildman–Crippen MR) is 48.2 cm³/mol. The Bertz CT molecular complexity index is 439. The summed E-state index contributed by atoms with van der Waals surface area (Å²) in [6.45, 7) is 1.71. The Kier molecular flexibility index (Phi) is 2.26. The zero-order chi connectivity index (χ0) is 9.97. The van der Waals surface area contributed by atoms with Gasteiger partial charge in [0.1, 0.15) is 5.82 Å². The van der Waals surface area contributed by atoms with Crippen LogP contribution in [-0.4, -0.2) is 10.2 Å².